The van der Waals surface area contributed by atoms with Crippen LogP contribution in [0.3, 0.4) is 0 Å². The van der Waals surface area contributed by atoms with Crippen molar-refractivity contribution in [3.8, 4) is 0 Å². The molecule has 2 rings (SSSR count). The van der Waals surface area contributed by atoms with Crippen LogP contribution in [0.4, 0.5) is 0 Å². The first-order valence-corrected chi connectivity index (χ1v) is 6.73. The predicted molar refractivity (Wildman–Crippen MR) is 73.4 cm³/mol. The van der Waals surface area contributed by atoms with Gasteiger partial charge in [-0.25, -0.2) is 0 Å². The Labute approximate surface area is 105 Å². The lowest BCUT2D eigenvalue weighted by molar-refractivity contribution is 0.185. The highest BCUT2D eigenvalue weighted by Crippen LogP contribution is 2.24. The van der Waals surface area contributed by atoms with E-state index >= 15 is 0 Å². The van der Waals surface area contributed by atoms with Crippen LogP contribution < -0.4 is 5.32 Å². The molecule has 0 aliphatic carbocycles. The fourth-order valence-corrected chi connectivity index (χ4v) is 2.46. The van der Waals surface area contributed by atoms with Crippen molar-refractivity contribution in [1.29, 1.82) is 0 Å². The summed E-state index contributed by atoms with van der Waals surface area (Å²) in [5.41, 5.74) is 2.91. The van der Waals surface area contributed by atoms with Crippen LogP contribution in [0.15, 0.2) is 24.3 Å². The molecule has 0 bridgehead atoms. The average Bonchev–Trinajstić information content (AvgIpc) is 2.39. The van der Waals surface area contributed by atoms with Crippen molar-refractivity contribution in [3.05, 3.63) is 35.4 Å². The molecular formula is C15H24N2. The van der Waals surface area contributed by atoms with E-state index in [1.165, 1.54) is 11.1 Å². The fourth-order valence-electron chi connectivity index (χ4n) is 2.46. The molecule has 1 atom stereocenters. The molecule has 0 spiro atoms. The highest BCUT2D eigenvalue weighted by molar-refractivity contribution is 5.27. The van der Waals surface area contributed by atoms with E-state index < -0.39 is 0 Å². The minimum Gasteiger partial charge on any atom is -0.314 e. The Morgan fingerprint density at radius 3 is 2.35 bits per heavy atom. The van der Waals surface area contributed by atoms with Crippen molar-refractivity contribution >= 4 is 0 Å². The summed E-state index contributed by atoms with van der Waals surface area (Å²) >= 11 is 0. The lowest BCUT2D eigenvalue weighted by atomic mass is 9.97. The lowest BCUT2D eigenvalue weighted by Gasteiger charge is -2.33. The van der Waals surface area contributed by atoms with Crippen LogP contribution in [0.5, 0.6) is 0 Å². The third kappa shape index (κ3) is 3.08. The van der Waals surface area contributed by atoms with Crippen molar-refractivity contribution in [3.63, 3.8) is 0 Å². The molecule has 1 aliphatic heterocycles. The van der Waals surface area contributed by atoms with E-state index in [-0.39, 0.29) is 0 Å². The van der Waals surface area contributed by atoms with Gasteiger partial charge < -0.3 is 5.32 Å². The number of rotatable bonds is 3. The molecule has 17 heavy (non-hydrogen) atoms. The van der Waals surface area contributed by atoms with E-state index in [4.69, 9.17) is 0 Å². The van der Waals surface area contributed by atoms with Gasteiger partial charge in [-0.2, -0.15) is 0 Å². The zero-order valence-corrected chi connectivity index (χ0v) is 11.2. The molecule has 1 aromatic carbocycles. The first-order valence-electron chi connectivity index (χ1n) is 6.73. The number of nitrogens with zero attached hydrogens (tertiary/aromatic N) is 1. The van der Waals surface area contributed by atoms with Gasteiger partial charge in [-0.3, -0.25) is 4.90 Å². The van der Waals surface area contributed by atoms with Gasteiger partial charge in [0.2, 0.25) is 0 Å². The maximum atomic E-state index is 3.41. The second-order valence-electron chi connectivity index (χ2n) is 5.29. The van der Waals surface area contributed by atoms with Crippen LogP contribution in [0.2, 0.25) is 0 Å². The summed E-state index contributed by atoms with van der Waals surface area (Å²) in [7, 11) is 0. The summed E-state index contributed by atoms with van der Waals surface area (Å²) in [6, 6.07) is 9.61. The maximum Gasteiger partial charge on any atom is 0.0321 e. The quantitative estimate of drug-likeness (QED) is 0.862. The first kappa shape index (κ1) is 12.6. The van der Waals surface area contributed by atoms with Crippen molar-refractivity contribution in [2.45, 2.75) is 32.7 Å². The van der Waals surface area contributed by atoms with Crippen LogP contribution >= 0.6 is 0 Å². The average molecular weight is 232 g/mol. The molecule has 2 heteroatoms. The van der Waals surface area contributed by atoms with Gasteiger partial charge in [0, 0.05) is 32.2 Å². The van der Waals surface area contributed by atoms with Gasteiger partial charge in [-0.05, 0) is 24.0 Å². The number of benzene rings is 1. The minimum atomic E-state index is 0.538. The topological polar surface area (TPSA) is 15.3 Å². The molecule has 94 valence electrons. The molecule has 1 aliphatic rings. The van der Waals surface area contributed by atoms with Crippen LogP contribution in [-0.4, -0.2) is 31.1 Å². The van der Waals surface area contributed by atoms with E-state index in [1.54, 1.807) is 0 Å². The van der Waals surface area contributed by atoms with Crippen LogP contribution in [0.1, 0.15) is 43.9 Å². The third-order valence-corrected chi connectivity index (χ3v) is 3.76. The predicted octanol–water partition coefficient (Wildman–Crippen LogP) is 2.78. The van der Waals surface area contributed by atoms with Crippen molar-refractivity contribution < 1.29 is 0 Å². The largest absolute Gasteiger partial charge is 0.314 e. The van der Waals surface area contributed by atoms with E-state index in [1.807, 2.05) is 0 Å². The Kier molecular flexibility index (Phi) is 4.19. The van der Waals surface area contributed by atoms with E-state index in [9.17, 15) is 0 Å². The summed E-state index contributed by atoms with van der Waals surface area (Å²) in [6.45, 7) is 11.4. The molecule has 1 saturated heterocycles. The van der Waals surface area contributed by atoms with Crippen molar-refractivity contribution in [2.75, 3.05) is 26.2 Å². The molecule has 0 radical (unpaired) electrons. The van der Waals surface area contributed by atoms with Gasteiger partial charge in [0.25, 0.3) is 0 Å². The molecule has 2 nitrogen and oxygen atoms in total. The SMILES string of the molecule is CC(C)c1cccc(C(C)N2CCNCC2)c1. The highest BCUT2D eigenvalue weighted by atomic mass is 15.2. The molecule has 0 aromatic heterocycles. The zero-order chi connectivity index (χ0) is 12.3. The lowest BCUT2D eigenvalue weighted by Crippen LogP contribution is -2.44. The molecule has 1 aromatic rings. The zero-order valence-electron chi connectivity index (χ0n) is 11.2. The summed E-state index contributed by atoms with van der Waals surface area (Å²) < 4.78 is 0. The van der Waals surface area contributed by atoms with Gasteiger partial charge in [0.1, 0.15) is 0 Å². The molecule has 1 fully saturated rings. The smallest absolute Gasteiger partial charge is 0.0321 e. The Bertz CT molecular complexity index is 354. The minimum absolute atomic E-state index is 0.538. The molecule has 0 amide bonds. The van der Waals surface area contributed by atoms with Gasteiger partial charge in [0.15, 0.2) is 0 Å². The molecular weight excluding hydrogens is 208 g/mol. The molecule has 1 heterocycles. The maximum absolute atomic E-state index is 3.41. The van der Waals surface area contributed by atoms with Crippen molar-refractivity contribution in [2.24, 2.45) is 0 Å². The third-order valence-electron chi connectivity index (χ3n) is 3.76. The normalized spacial score (nSPS) is 19.5. The highest BCUT2D eigenvalue weighted by Gasteiger charge is 2.18. The Hall–Kier alpha value is -0.860. The van der Waals surface area contributed by atoms with Gasteiger partial charge in [-0.1, -0.05) is 38.1 Å². The van der Waals surface area contributed by atoms with Crippen LogP contribution in [0, 0.1) is 0 Å². The summed E-state index contributed by atoms with van der Waals surface area (Å²) in [4.78, 5) is 2.57. The standard InChI is InChI=1S/C15H24N2/c1-12(2)14-5-4-6-15(11-14)13(3)17-9-7-16-8-10-17/h4-6,11-13,16H,7-10H2,1-3H3. The number of piperazine rings is 1. The monoisotopic (exact) mass is 232 g/mol. The Morgan fingerprint density at radius 1 is 1.06 bits per heavy atom. The Balaban J connectivity index is 2.12. The first-order chi connectivity index (χ1) is 8.18. The second kappa shape index (κ2) is 5.65. The summed E-state index contributed by atoms with van der Waals surface area (Å²) in [5.74, 6) is 0.616. The number of hydrogen-bond donors (Lipinski definition) is 1. The molecule has 0 saturated carbocycles. The van der Waals surface area contributed by atoms with Gasteiger partial charge >= 0.3 is 0 Å². The van der Waals surface area contributed by atoms with Gasteiger partial charge in [-0.15, -0.1) is 0 Å². The van der Waals surface area contributed by atoms with E-state index in [0.717, 1.165) is 26.2 Å². The second-order valence-corrected chi connectivity index (χ2v) is 5.29. The number of hydrogen-bond acceptors (Lipinski definition) is 2. The van der Waals surface area contributed by atoms with E-state index in [2.05, 4.69) is 55.3 Å². The van der Waals surface area contributed by atoms with Gasteiger partial charge in [0.05, 0.1) is 0 Å². The summed E-state index contributed by atoms with van der Waals surface area (Å²) in [6.07, 6.45) is 0. The van der Waals surface area contributed by atoms with Crippen LogP contribution in [0.25, 0.3) is 0 Å². The fraction of sp³-hybridized carbons (Fsp3) is 0.600. The Morgan fingerprint density at radius 2 is 1.71 bits per heavy atom. The van der Waals surface area contributed by atoms with E-state index in [0.29, 0.717) is 12.0 Å². The molecule has 1 N–H and O–H groups in total. The summed E-state index contributed by atoms with van der Waals surface area (Å²) in [5, 5.41) is 3.41. The molecule has 1 unspecified atom stereocenters. The number of nitrogens with one attached hydrogen (secondary N) is 1. The van der Waals surface area contributed by atoms with Crippen LogP contribution in [-0.2, 0) is 0 Å². The van der Waals surface area contributed by atoms with Crippen molar-refractivity contribution in [1.82, 2.24) is 10.2 Å².